The number of imidazole rings is 1. The highest BCUT2D eigenvalue weighted by atomic mass is 16.6. The van der Waals surface area contributed by atoms with Crippen molar-refractivity contribution >= 4 is 12.0 Å². The van der Waals surface area contributed by atoms with Gasteiger partial charge in [0.2, 0.25) is 5.91 Å². The molecule has 2 heterocycles. The third-order valence-corrected chi connectivity index (χ3v) is 6.87. The van der Waals surface area contributed by atoms with E-state index in [9.17, 15) is 19.8 Å². The van der Waals surface area contributed by atoms with Crippen LogP contribution in [0.15, 0.2) is 47.2 Å². The van der Waals surface area contributed by atoms with Crippen LogP contribution in [0.25, 0.3) is 11.3 Å². The van der Waals surface area contributed by atoms with Gasteiger partial charge in [-0.3, -0.25) is 4.79 Å². The molecule has 2 amide bonds. The molecule has 0 bridgehead atoms. The Balaban J connectivity index is 1.25. The van der Waals surface area contributed by atoms with E-state index in [1.165, 1.54) is 0 Å². The number of aliphatic hydroxyl groups is 2. The minimum atomic E-state index is -1.07. The molecule has 3 aromatic rings. The molecule has 1 aliphatic rings. The molecule has 4 rings (SSSR count). The van der Waals surface area contributed by atoms with E-state index < -0.39 is 36.4 Å². The summed E-state index contributed by atoms with van der Waals surface area (Å²) in [7, 11) is 0. The number of ether oxygens (including phenoxy) is 1. The van der Waals surface area contributed by atoms with Crippen molar-refractivity contribution in [2.75, 3.05) is 6.61 Å². The van der Waals surface area contributed by atoms with Gasteiger partial charge in [0, 0.05) is 41.5 Å². The van der Waals surface area contributed by atoms with Crippen molar-refractivity contribution in [3.8, 4) is 23.2 Å². The van der Waals surface area contributed by atoms with E-state index in [1.54, 1.807) is 40.1 Å². The molecule has 1 fully saturated rings. The number of amides is 2. The zero-order valence-corrected chi connectivity index (χ0v) is 24.5. The zero-order valence-electron chi connectivity index (χ0n) is 24.5. The number of nitrogens with zero attached hydrogens (tertiary/aromatic N) is 3. The largest absolute Gasteiger partial charge is 0.444 e. The lowest BCUT2D eigenvalue weighted by atomic mass is 9.86. The highest BCUT2D eigenvalue weighted by Crippen LogP contribution is 2.25. The van der Waals surface area contributed by atoms with Crippen LogP contribution < -0.4 is 10.6 Å². The lowest BCUT2D eigenvalue weighted by Crippen LogP contribution is -2.52. The fourth-order valence-electron chi connectivity index (χ4n) is 4.75. The van der Waals surface area contributed by atoms with Crippen LogP contribution >= 0.6 is 0 Å². The standard InChI is InChI=1S/C31H39N5O6/c1-20(38)28-32-15-16-36(28)18-25-17-27(42-35-25)23-11-7-21(8-12-23)5-6-22-9-13-24(14-10-22)33-29(39)26(19-37)34-30(40)41-31(2,3)4/h7-8,11-12,15-17,20,22,24,26,37-38H,9-10,13-14,18-19H2,1-4H3,(H,33,39)(H,34,40)/t20-,22?,24?,26+/m1/s1. The average molecular weight is 578 g/mol. The Morgan fingerprint density at radius 2 is 1.90 bits per heavy atom. The molecule has 42 heavy (non-hydrogen) atoms. The quantitative estimate of drug-likeness (QED) is 0.297. The number of alkyl carbamates (subject to hydrolysis) is 1. The fraction of sp³-hybridized carbons (Fsp3) is 0.484. The number of aromatic nitrogens is 3. The molecular formula is C31H39N5O6. The molecule has 1 aromatic carbocycles. The lowest BCUT2D eigenvalue weighted by molar-refractivity contribution is -0.125. The molecule has 1 saturated carbocycles. The minimum Gasteiger partial charge on any atom is -0.444 e. The summed E-state index contributed by atoms with van der Waals surface area (Å²) >= 11 is 0. The summed E-state index contributed by atoms with van der Waals surface area (Å²) in [5, 5.41) is 28.9. The van der Waals surface area contributed by atoms with Crippen molar-refractivity contribution in [2.24, 2.45) is 5.92 Å². The van der Waals surface area contributed by atoms with Gasteiger partial charge in [-0.2, -0.15) is 0 Å². The van der Waals surface area contributed by atoms with Crippen LogP contribution in [0, 0.1) is 17.8 Å². The number of nitrogens with one attached hydrogen (secondary N) is 2. The van der Waals surface area contributed by atoms with Crippen LogP contribution in [0.2, 0.25) is 0 Å². The zero-order chi connectivity index (χ0) is 30.3. The summed E-state index contributed by atoms with van der Waals surface area (Å²) in [6.07, 6.45) is 5.24. The molecule has 0 saturated heterocycles. The lowest BCUT2D eigenvalue weighted by Gasteiger charge is -2.28. The van der Waals surface area contributed by atoms with E-state index >= 15 is 0 Å². The topological polar surface area (TPSA) is 152 Å². The van der Waals surface area contributed by atoms with Crippen molar-refractivity contribution in [1.82, 2.24) is 25.3 Å². The van der Waals surface area contributed by atoms with E-state index in [-0.39, 0.29) is 12.0 Å². The maximum atomic E-state index is 12.6. The molecule has 2 atom stereocenters. The van der Waals surface area contributed by atoms with Gasteiger partial charge >= 0.3 is 6.09 Å². The van der Waals surface area contributed by atoms with Crippen LogP contribution in [0.1, 0.15) is 76.6 Å². The summed E-state index contributed by atoms with van der Waals surface area (Å²) in [4.78, 5) is 28.7. The van der Waals surface area contributed by atoms with Crippen LogP contribution in [0.3, 0.4) is 0 Å². The summed E-state index contributed by atoms with van der Waals surface area (Å²) in [5.41, 5.74) is 1.81. The number of hydrogen-bond donors (Lipinski definition) is 4. The van der Waals surface area contributed by atoms with E-state index in [2.05, 4.69) is 32.6 Å². The monoisotopic (exact) mass is 577 g/mol. The van der Waals surface area contributed by atoms with Gasteiger partial charge in [-0.1, -0.05) is 17.0 Å². The number of rotatable bonds is 8. The summed E-state index contributed by atoms with van der Waals surface area (Å²) in [6.45, 7) is 6.79. The van der Waals surface area contributed by atoms with Crippen LogP contribution in [-0.4, -0.2) is 61.2 Å². The van der Waals surface area contributed by atoms with Gasteiger partial charge in [-0.05, 0) is 77.6 Å². The Morgan fingerprint density at radius 1 is 1.19 bits per heavy atom. The van der Waals surface area contributed by atoms with E-state index in [1.807, 2.05) is 34.9 Å². The molecule has 224 valence electrons. The summed E-state index contributed by atoms with van der Waals surface area (Å²) in [5.74, 6) is 7.62. The Kier molecular flexibility index (Phi) is 10.0. The highest BCUT2D eigenvalue weighted by molar-refractivity contribution is 5.86. The van der Waals surface area contributed by atoms with Gasteiger partial charge in [0.05, 0.1) is 13.2 Å². The Labute approximate surface area is 245 Å². The normalized spacial score (nSPS) is 18.3. The third-order valence-electron chi connectivity index (χ3n) is 6.87. The molecule has 2 aromatic heterocycles. The first-order valence-corrected chi connectivity index (χ1v) is 14.2. The number of carbonyl (C=O) groups is 2. The van der Waals surface area contributed by atoms with Crippen molar-refractivity contribution in [1.29, 1.82) is 0 Å². The van der Waals surface area contributed by atoms with Crippen molar-refractivity contribution < 1.29 is 29.1 Å². The number of benzene rings is 1. The highest BCUT2D eigenvalue weighted by Gasteiger charge is 2.27. The summed E-state index contributed by atoms with van der Waals surface area (Å²) < 4.78 is 12.5. The molecule has 0 spiro atoms. The van der Waals surface area contributed by atoms with Gasteiger partial charge in [0.1, 0.15) is 29.3 Å². The first-order valence-electron chi connectivity index (χ1n) is 14.2. The van der Waals surface area contributed by atoms with E-state index in [4.69, 9.17) is 9.26 Å². The molecule has 11 heteroatoms. The van der Waals surface area contributed by atoms with Crippen LogP contribution in [0.5, 0.6) is 0 Å². The SMILES string of the molecule is C[C@@H](O)c1nccn1Cc1cc(-c2ccc(C#CC3CCC(NC(=O)[C@H](CO)NC(=O)OC(C)(C)C)CC3)cc2)on1. The summed E-state index contributed by atoms with van der Waals surface area (Å²) in [6, 6.07) is 8.56. The maximum absolute atomic E-state index is 12.6. The molecule has 0 aliphatic heterocycles. The Hall–Kier alpha value is -4.14. The molecule has 11 nitrogen and oxygen atoms in total. The Bertz CT molecular complexity index is 1400. The van der Waals surface area contributed by atoms with E-state index in [0.717, 1.165) is 42.5 Å². The van der Waals surface area contributed by atoms with Crippen molar-refractivity contribution in [3.63, 3.8) is 0 Å². The predicted molar refractivity (Wildman–Crippen MR) is 155 cm³/mol. The van der Waals surface area contributed by atoms with Crippen LogP contribution in [0.4, 0.5) is 4.79 Å². The first-order chi connectivity index (χ1) is 20.0. The third kappa shape index (κ3) is 8.68. The maximum Gasteiger partial charge on any atom is 0.408 e. The molecule has 1 aliphatic carbocycles. The number of hydrogen-bond acceptors (Lipinski definition) is 8. The second-order valence-corrected chi connectivity index (χ2v) is 11.6. The van der Waals surface area contributed by atoms with Crippen LogP contribution in [-0.2, 0) is 16.1 Å². The van der Waals surface area contributed by atoms with Crippen molar-refractivity contribution in [3.05, 3.63) is 59.8 Å². The second-order valence-electron chi connectivity index (χ2n) is 11.6. The van der Waals surface area contributed by atoms with Gasteiger partial charge in [0.15, 0.2) is 5.76 Å². The molecule has 4 N–H and O–H groups in total. The number of aliphatic hydroxyl groups excluding tert-OH is 2. The smallest absolute Gasteiger partial charge is 0.408 e. The van der Waals surface area contributed by atoms with Crippen molar-refractivity contribution in [2.45, 2.75) is 83.7 Å². The Morgan fingerprint density at radius 3 is 2.55 bits per heavy atom. The predicted octanol–water partition coefficient (Wildman–Crippen LogP) is 3.55. The molecular weight excluding hydrogens is 538 g/mol. The molecule has 0 radical (unpaired) electrons. The van der Waals surface area contributed by atoms with Gasteiger partial charge in [-0.25, -0.2) is 9.78 Å². The average Bonchev–Trinajstić information content (AvgIpc) is 3.61. The number of carbonyl (C=O) groups excluding carboxylic acids is 2. The fourth-order valence-corrected chi connectivity index (χ4v) is 4.75. The van der Waals surface area contributed by atoms with Gasteiger partial charge in [-0.15, -0.1) is 0 Å². The first kappa shape index (κ1) is 30.8. The van der Waals surface area contributed by atoms with Gasteiger partial charge in [0.25, 0.3) is 0 Å². The second kappa shape index (κ2) is 13.7. The minimum absolute atomic E-state index is 0.0384. The molecule has 0 unspecified atom stereocenters. The van der Waals surface area contributed by atoms with E-state index in [0.29, 0.717) is 18.1 Å². The van der Waals surface area contributed by atoms with Gasteiger partial charge < -0.3 is 34.7 Å².